The number of methoxy groups -OCH3 is 1. The number of carbonyl (C=O) groups excluding carboxylic acids is 2. The Labute approximate surface area is 134 Å². The zero-order valence-electron chi connectivity index (χ0n) is 12.8. The van der Waals surface area contributed by atoms with Crippen molar-refractivity contribution >= 4 is 17.6 Å². The molecule has 2 aromatic rings. The highest BCUT2D eigenvalue weighted by atomic mass is 16.6. The smallest absolute Gasteiger partial charge is 0.414 e. The van der Waals surface area contributed by atoms with Crippen LogP contribution >= 0.6 is 0 Å². The van der Waals surface area contributed by atoms with Crippen LogP contribution < -0.4 is 9.64 Å². The summed E-state index contributed by atoms with van der Waals surface area (Å²) >= 11 is 0. The molecule has 0 fully saturated rings. The van der Waals surface area contributed by atoms with Crippen LogP contribution in [0.5, 0.6) is 5.75 Å². The SMILES string of the molecule is COc1ccc2c(c1)C(=O)CCN2C(=O)OCc1ccccc1. The van der Waals surface area contributed by atoms with Gasteiger partial charge in [-0.2, -0.15) is 0 Å². The number of ketones is 1. The first-order valence-corrected chi connectivity index (χ1v) is 7.38. The van der Waals surface area contributed by atoms with E-state index in [9.17, 15) is 9.59 Å². The van der Waals surface area contributed by atoms with Gasteiger partial charge >= 0.3 is 6.09 Å². The fourth-order valence-corrected chi connectivity index (χ4v) is 2.56. The summed E-state index contributed by atoms with van der Waals surface area (Å²) in [7, 11) is 1.54. The van der Waals surface area contributed by atoms with E-state index in [1.165, 1.54) is 4.90 Å². The zero-order chi connectivity index (χ0) is 16.2. The highest BCUT2D eigenvalue weighted by Crippen LogP contribution is 2.31. The largest absolute Gasteiger partial charge is 0.497 e. The van der Waals surface area contributed by atoms with Crippen LogP contribution in [0.3, 0.4) is 0 Å². The number of Topliss-reactive ketones (excluding diaryl/α,β-unsaturated/α-hetero) is 1. The summed E-state index contributed by atoms with van der Waals surface area (Å²) in [6.45, 7) is 0.529. The number of carbonyl (C=O) groups is 2. The van der Waals surface area contributed by atoms with Gasteiger partial charge in [0.1, 0.15) is 12.4 Å². The number of benzene rings is 2. The molecule has 0 aromatic heterocycles. The van der Waals surface area contributed by atoms with E-state index in [0.717, 1.165) is 5.56 Å². The van der Waals surface area contributed by atoms with Crippen molar-refractivity contribution in [3.63, 3.8) is 0 Å². The second-order valence-corrected chi connectivity index (χ2v) is 5.25. The van der Waals surface area contributed by atoms with Gasteiger partial charge in [-0.25, -0.2) is 4.79 Å². The summed E-state index contributed by atoms with van der Waals surface area (Å²) in [6, 6.07) is 14.6. The lowest BCUT2D eigenvalue weighted by Gasteiger charge is -2.28. The van der Waals surface area contributed by atoms with E-state index in [1.807, 2.05) is 30.3 Å². The maximum absolute atomic E-state index is 12.4. The minimum Gasteiger partial charge on any atom is -0.497 e. The molecule has 0 saturated heterocycles. The number of anilines is 1. The average Bonchev–Trinajstić information content (AvgIpc) is 2.60. The first-order chi connectivity index (χ1) is 11.2. The maximum atomic E-state index is 12.4. The van der Waals surface area contributed by atoms with Gasteiger partial charge in [0.15, 0.2) is 5.78 Å². The van der Waals surface area contributed by atoms with E-state index in [-0.39, 0.29) is 18.8 Å². The van der Waals surface area contributed by atoms with Gasteiger partial charge in [0.2, 0.25) is 0 Å². The van der Waals surface area contributed by atoms with Gasteiger partial charge < -0.3 is 9.47 Å². The topological polar surface area (TPSA) is 55.8 Å². The van der Waals surface area contributed by atoms with Crippen LogP contribution in [0.4, 0.5) is 10.5 Å². The van der Waals surface area contributed by atoms with Crippen LogP contribution in [0.1, 0.15) is 22.3 Å². The molecule has 5 heteroatoms. The molecule has 118 valence electrons. The molecule has 1 heterocycles. The van der Waals surface area contributed by atoms with Crippen LogP contribution in [-0.4, -0.2) is 25.5 Å². The highest BCUT2D eigenvalue weighted by molar-refractivity contribution is 6.07. The highest BCUT2D eigenvalue weighted by Gasteiger charge is 2.28. The third kappa shape index (κ3) is 3.18. The Kier molecular flexibility index (Phi) is 4.28. The lowest BCUT2D eigenvalue weighted by Crippen LogP contribution is -2.37. The van der Waals surface area contributed by atoms with E-state index >= 15 is 0 Å². The van der Waals surface area contributed by atoms with Crippen molar-refractivity contribution < 1.29 is 19.1 Å². The number of hydrogen-bond donors (Lipinski definition) is 0. The fraction of sp³-hybridized carbons (Fsp3) is 0.222. The normalized spacial score (nSPS) is 13.4. The molecule has 23 heavy (non-hydrogen) atoms. The predicted molar refractivity (Wildman–Crippen MR) is 85.9 cm³/mol. The van der Waals surface area contributed by atoms with Gasteiger partial charge in [-0.1, -0.05) is 30.3 Å². The second kappa shape index (κ2) is 6.52. The maximum Gasteiger partial charge on any atom is 0.414 e. The molecule has 0 spiro atoms. The quantitative estimate of drug-likeness (QED) is 0.871. The first kappa shape index (κ1) is 15.1. The number of fused-ring (bicyclic) bond motifs is 1. The van der Waals surface area contributed by atoms with Gasteiger partial charge in [-0.15, -0.1) is 0 Å². The summed E-state index contributed by atoms with van der Waals surface area (Å²) in [6.07, 6.45) is -0.173. The number of ether oxygens (including phenoxy) is 2. The number of amides is 1. The fourth-order valence-electron chi connectivity index (χ4n) is 2.56. The predicted octanol–water partition coefficient (Wildman–Crippen LogP) is 3.42. The van der Waals surface area contributed by atoms with Crippen LogP contribution in [0, 0.1) is 0 Å². The minimum atomic E-state index is -0.451. The Balaban J connectivity index is 1.77. The molecule has 0 N–H and O–H groups in total. The van der Waals surface area contributed by atoms with Crippen LogP contribution in [-0.2, 0) is 11.3 Å². The van der Waals surface area contributed by atoms with E-state index in [0.29, 0.717) is 23.5 Å². The van der Waals surface area contributed by atoms with Crippen molar-refractivity contribution in [1.82, 2.24) is 0 Å². The molecule has 0 saturated carbocycles. The zero-order valence-corrected chi connectivity index (χ0v) is 12.8. The van der Waals surface area contributed by atoms with Crippen molar-refractivity contribution in [2.45, 2.75) is 13.0 Å². The Hall–Kier alpha value is -2.82. The summed E-state index contributed by atoms with van der Waals surface area (Å²) in [4.78, 5) is 25.9. The van der Waals surface area contributed by atoms with Crippen molar-refractivity contribution in [3.05, 3.63) is 59.7 Å². The monoisotopic (exact) mass is 311 g/mol. The van der Waals surface area contributed by atoms with Crippen molar-refractivity contribution in [2.24, 2.45) is 0 Å². The van der Waals surface area contributed by atoms with Crippen molar-refractivity contribution in [2.75, 3.05) is 18.6 Å². The van der Waals surface area contributed by atoms with Crippen LogP contribution in [0.25, 0.3) is 0 Å². The van der Waals surface area contributed by atoms with E-state index in [1.54, 1.807) is 25.3 Å². The lowest BCUT2D eigenvalue weighted by atomic mass is 10.0. The van der Waals surface area contributed by atoms with Gasteiger partial charge in [-0.3, -0.25) is 9.69 Å². The molecular weight excluding hydrogens is 294 g/mol. The molecule has 2 aromatic carbocycles. The third-order valence-corrected chi connectivity index (χ3v) is 3.78. The van der Waals surface area contributed by atoms with Crippen LogP contribution in [0.15, 0.2) is 48.5 Å². The molecule has 1 aliphatic heterocycles. The van der Waals surface area contributed by atoms with Gasteiger partial charge in [0, 0.05) is 18.5 Å². The number of hydrogen-bond acceptors (Lipinski definition) is 4. The molecular formula is C18H17NO4. The van der Waals surface area contributed by atoms with Gasteiger partial charge in [-0.05, 0) is 23.8 Å². The number of nitrogens with zero attached hydrogens (tertiary/aromatic N) is 1. The standard InChI is InChI=1S/C18H17NO4/c1-22-14-7-8-16-15(11-14)17(20)9-10-19(16)18(21)23-12-13-5-3-2-4-6-13/h2-8,11H,9-10,12H2,1H3. The molecule has 0 aliphatic carbocycles. The van der Waals surface area contributed by atoms with Gasteiger partial charge in [0.25, 0.3) is 0 Å². The minimum absolute atomic E-state index is 0.00556. The molecule has 0 unspecified atom stereocenters. The lowest BCUT2D eigenvalue weighted by molar-refractivity contribution is 0.0977. The Morgan fingerprint density at radius 1 is 1.17 bits per heavy atom. The first-order valence-electron chi connectivity index (χ1n) is 7.38. The van der Waals surface area contributed by atoms with Gasteiger partial charge in [0.05, 0.1) is 12.8 Å². The Bertz CT molecular complexity index is 727. The van der Waals surface area contributed by atoms with E-state index in [4.69, 9.17) is 9.47 Å². The molecule has 1 aliphatic rings. The van der Waals surface area contributed by atoms with E-state index in [2.05, 4.69) is 0 Å². The summed E-state index contributed by atoms with van der Waals surface area (Å²) < 4.78 is 10.5. The number of rotatable bonds is 3. The van der Waals surface area contributed by atoms with Crippen molar-refractivity contribution in [1.29, 1.82) is 0 Å². The summed E-state index contributed by atoms with van der Waals surface area (Å²) in [5.74, 6) is 0.600. The average molecular weight is 311 g/mol. The molecule has 0 atom stereocenters. The van der Waals surface area contributed by atoms with E-state index < -0.39 is 6.09 Å². The Morgan fingerprint density at radius 2 is 1.96 bits per heavy atom. The summed E-state index contributed by atoms with van der Waals surface area (Å²) in [5, 5.41) is 0. The molecule has 1 amide bonds. The molecule has 5 nitrogen and oxygen atoms in total. The third-order valence-electron chi connectivity index (χ3n) is 3.78. The second-order valence-electron chi connectivity index (χ2n) is 5.25. The Morgan fingerprint density at radius 3 is 2.70 bits per heavy atom. The molecule has 3 rings (SSSR count). The molecule has 0 bridgehead atoms. The van der Waals surface area contributed by atoms with Crippen LogP contribution in [0.2, 0.25) is 0 Å². The summed E-state index contributed by atoms with van der Waals surface area (Å²) in [5.41, 5.74) is 1.98. The molecule has 0 radical (unpaired) electrons. The van der Waals surface area contributed by atoms with Crippen molar-refractivity contribution in [3.8, 4) is 5.75 Å².